The van der Waals surface area contributed by atoms with Crippen LogP contribution < -0.4 is 0 Å². The van der Waals surface area contributed by atoms with Crippen molar-refractivity contribution >= 4 is 11.9 Å². The van der Waals surface area contributed by atoms with E-state index in [-0.39, 0.29) is 5.78 Å². The Kier molecular flexibility index (Phi) is 3.73. The first-order chi connectivity index (χ1) is 6.20. The van der Waals surface area contributed by atoms with Crippen molar-refractivity contribution in [2.75, 3.05) is 13.1 Å². The minimum atomic E-state index is -0.866. The third-order valence-electron chi connectivity index (χ3n) is 2.29. The second-order valence-corrected chi connectivity index (χ2v) is 3.37. The molecule has 0 aromatic heterocycles. The number of carboxylic acid groups (broad SMARTS) is 1. The van der Waals surface area contributed by atoms with Crippen LogP contribution in [0.4, 0.5) is 4.79 Å². The zero-order valence-electron chi connectivity index (χ0n) is 7.66. The van der Waals surface area contributed by atoms with E-state index < -0.39 is 6.09 Å². The smallest absolute Gasteiger partial charge is 0.407 e. The number of hydrogen-bond donors (Lipinski definition) is 1. The van der Waals surface area contributed by atoms with E-state index in [4.69, 9.17) is 5.11 Å². The number of carbonyl (C=O) groups is 2. The van der Waals surface area contributed by atoms with Gasteiger partial charge in [-0.05, 0) is 19.3 Å². The maximum Gasteiger partial charge on any atom is 0.407 e. The summed E-state index contributed by atoms with van der Waals surface area (Å²) in [6.45, 7) is 1.07. The molecule has 1 saturated heterocycles. The molecule has 1 amide bonds. The van der Waals surface area contributed by atoms with Gasteiger partial charge in [0.1, 0.15) is 5.78 Å². The maximum absolute atomic E-state index is 11.1. The van der Waals surface area contributed by atoms with Gasteiger partial charge in [0.05, 0.1) is 0 Å². The van der Waals surface area contributed by atoms with Crippen molar-refractivity contribution in [1.29, 1.82) is 0 Å². The standard InChI is InChI=1S/C9H15NO3/c11-8-4-1-2-6-10(9(12)13)7-3-5-8/h1-7H2,(H,12,13). The van der Waals surface area contributed by atoms with Gasteiger partial charge in [-0.25, -0.2) is 4.79 Å². The molecule has 0 saturated carbocycles. The molecular formula is C9H15NO3. The van der Waals surface area contributed by atoms with Crippen molar-refractivity contribution in [3.05, 3.63) is 0 Å². The van der Waals surface area contributed by atoms with Crippen LogP contribution in [0.15, 0.2) is 0 Å². The minimum Gasteiger partial charge on any atom is -0.465 e. The molecule has 1 rings (SSSR count). The van der Waals surface area contributed by atoms with Gasteiger partial charge in [0.25, 0.3) is 0 Å². The molecule has 1 N–H and O–H groups in total. The summed E-state index contributed by atoms with van der Waals surface area (Å²) in [4.78, 5) is 23.2. The Morgan fingerprint density at radius 3 is 2.46 bits per heavy atom. The summed E-state index contributed by atoms with van der Waals surface area (Å²) < 4.78 is 0. The molecular weight excluding hydrogens is 170 g/mol. The van der Waals surface area contributed by atoms with Gasteiger partial charge in [0.2, 0.25) is 0 Å². The van der Waals surface area contributed by atoms with E-state index in [1.807, 2.05) is 0 Å². The molecule has 1 aliphatic rings. The minimum absolute atomic E-state index is 0.271. The molecule has 0 unspecified atom stereocenters. The van der Waals surface area contributed by atoms with E-state index in [1.54, 1.807) is 0 Å². The van der Waals surface area contributed by atoms with Crippen LogP contribution >= 0.6 is 0 Å². The Hall–Kier alpha value is -1.06. The van der Waals surface area contributed by atoms with E-state index in [9.17, 15) is 9.59 Å². The number of Topliss-reactive ketones (excluding diaryl/α,β-unsaturated/α-hetero) is 1. The monoisotopic (exact) mass is 185 g/mol. The second-order valence-electron chi connectivity index (χ2n) is 3.37. The lowest BCUT2D eigenvalue weighted by Crippen LogP contribution is -2.31. The number of carbonyl (C=O) groups excluding carboxylic acids is 1. The molecule has 74 valence electrons. The molecule has 1 aliphatic heterocycles. The lowest BCUT2D eigenvalue weighted by atomic mass is 10.1. The first kappa shape index (κ1) is 10.0. The lowest BCUT2D eigenvalue weighted by Gasteiger charge is -2.17. The summed E-state index contributed by atoms with van der Waals surface area (Å²) in [5.41, 5.74) is 0. The van der Waals surface area contributed by atoms with Crippen LogP contribution in [0.25, 0.3) is 0 Å². The van der Waals surface area contributed by atoms with Gasteiger partial charge in [0.15, 0.2) is 0 Å². The first-order valence-corrected chi connectivity index (χ1v) is 4.70. The summed E-state index contributed by atoms with van der Waals surface area (Å²) in [6, 6.07) is 0. The Bertz CT molecular complexity index is 203. The quantitative estimate of drug-likeness (QED) is 0.622. The molecule has 0 bridgehead atoms. The molecule has 0 atom stereocenters. The van der Waals surface area contributed by atoms with Gasteiger partial charge in [0, 0.05) is 25.9 Å². The highest BCUT2D eigenvalue weighted by Crippen LogP contribution is 2.08. The zero-order chi connectivity index (χ0) is 9.68. The predicted octanol–water partition coefficient (Wildman–Crippen LogP) is 1.50. The zero-order valence-corrected chi connectivity index (χ0v) is 7.66. The van der Waals surface area contributed by atoms with Crippen molar-refractivity contribution in [2.45, 2.75) is 32.1 Å². The molecule has 0 radical (unpaired) electrons. The summed E-state index contributed by atoms with van der Waals surface area (Å²) in [7, 11) is 0. The van der Waals surface area contributed by atoms with Gasteiger partial charge < -0.3 is 10.0 Å². The summed E-state index contributed by atoms with van der Waals surface area (Å²) >= 11 is 0. The molecule has 4 heteroatoms. The SMILES string of the molecule is O=C1CCCCN(C(=O)O)CCC1. The fourth-order valence-electron chi connectivity index (χ4n) is 1.52. The van der Waals surface area contributed by atoms with Crippen molar-refractivity contribution < 1.29 is 14.7 Å². The van der Waals surface area contributed by atoms with E-state index in [0.29, 0.717) is 32.4 Å². The van der Waals surface area contributed by atoms with Crippen molar-refractivity contribution in [1.82, 2.24) is 4.90 Å². The van der Waals surface area contributed by atoms with Crippen LogP contribution in [0.3, 0.4) is 0 Å². The molecule has 0 aromatic rings. The number of nitrogens with zero attached hydrogens (tertiary/aromatic N) is 1. The van der Waals surface area contributed by atoms with Crippen LogP contribution in [0, 0.1) is 0 Å². The number of ketones is 1. The van der Waals surface area contributed by atoms with E-state index in [2.05, 4.69) is 0 Å². The van der Waals surface area contributed by atoms with Crippen LogP contribution in [0.2, 0.25) is 0 Å². The van der Waals surface area contributed by atoms with E-state index in [1.165, 1.54) is 4.90 Å². The van der Waals surface area contributed by atoms with Crippen LogP contribution in [-0.4, -0.2) is 35.0 Å². The molecule has 1 heterocycles. The Balaban J connectivity index is 2.43. The number of amides is 1. The fourth-order valence-corrected chi connectivity index (χ4v) is 1.52. The number of hydrogen-bond acceptors (Lipinski definition) is 2. The van der Waals surface area contributed by atoms with E-state index >= 15 is 0 Å². The van der Waals surface area contributed by atoms with Gasteiger partial charge in [-0.2, -0.15) is 0 Å². The highest BCUT2D eigenvalue weighted by atomic mass is 16.4. The van der Waals surface area contributed by atoms with Crippen LogP contribution in [-0.2, 0) is 4.79 Å². The fraction of sp³-hybridized carbons (Fsp3) is 0.778. The molecule has 13 heavy (non-hydrogen) atoms. The average molecular weight is 185 g/mol. The Morgan fingerprint density at radius 2 is 1.77 bits per heavy atom. The largest absolute Gasteiger partial charge is 0.465 e. The summed E-state index contributed by atoms with van der Waals surface area (Å²) in [5.74, 6) is 0.271. The summed E-state index contributed by atoms with van der Waals surface area (Å²) in [6.07, 6.45) is 2.58. The van der Waals surface area contributed by atoms with Crippen LogP contribution in [0.5, 0.6) is 0 Å². The third kappa shape index (κ3) is 3.44. The van der Waals surface area contributed by atoms with Gasteiger partial charge in [-0.3, -0.25) is 4.79 Å². The van der Waals surface area contributed by atoms with E-state index in [0.717, 1.165) is 12.8 Å². The third-order valence-corrected chi connectivity index (χ3v) is 2.29. The Labute approximate surface area is 77.5 Å². The molecule has 0 aliphatic carbocycles. The molecule has 1 fully saturated rings. The van der Waals surface area contributed by atoms with Crippen molar-refractivity contribution in [2.24, 2.45) is 0 Å². The maximum atomic E-state index is 11.1. The van der Waals surface area contributed by atoms with Crippen molar-refractivity contribution in [3.63, 3.8) is 0 Å². The number of rotatable bonds is 0. The summed E-state index contributed by atoms with van der Waals surface area (Å²) in [5, 5.41) is 8.75. The van der Waals surface area contributed by atoms with Crippen molar-refractivity contribution in [3.8, 4) is 0 Å². The van der Waals surface area contributed by atoms with Gasteiger partial charge in [-0.1, -0.05) is 0 Å². The normalized spacial score (nSPS) is 20.3. The molecule has 4 nitrogen and oxygen atoms in total. The molecule has 0 spiro atoms. The van der Waals surface area contributed by atoms with Gasteiger partial charge in [-0.15, -0.1) is 0 Å². The highest BCUT2D eigenvalue weighted by molar-refractivity contribution is 5.78. The lowest BCUT2D eigenvalue weighted by molar-refractivity contribution is -0.119. The topological polar surface area (TPSA) is 57.6 Å². The van der Waals surface area contributed by atoms with Gasteiger partial charge >= 0.3 is 6.09 Å². The Morgan fingerprint density at radius 1 is 1.15 bits per heavy atom. The predicted molar refractivity (Wildman–Crippen MR) is 47.7 cm³/mol. The first-order valence-electron chi connectivity index (χ1n) is 4.70. The second kappa shape index (κ2) is 4.84. The molecule has 0 aromatic carbocycles. The highest BCUT2D eigenvalue weighted by Gasteiger charge is 2.14. The average Bonchev–Trinajstić information content (AvgIpc) is 2.16. The van der Waals surface area contributed by atoms with Crippen LogP contribution in [0.1, 0.15) is 32.1 Å².